The monoisotopic (exact) mass is 370 g/mol. The maximum atomic E-state index is 12.3. The van der Waals surface area contributed by atoms with Gasteiger partial charge in [0.05, 0.1) is 6.54 Å². The van der Waals surface area contributed by atoms with E-state index in [0.717, 1.165) is 11.3 Å². The van der Waals surface area contributed by atoms with Gasteiger partial charge in [-0.25, -0.2) is 0 Å². The SMILES string of the molecule is FC(F)(F)CN1CCN(c2ccc(CBr)c(Cl)c2)CC1. The van der Waals surface area contributed by atoms with Crippen molar-refractivity contribution >= 4 is 33.2 Å². The predicted octanol–water partition coefficient (Wildman–Crippen LogP) is 3.92. The summed E-state index contributed by atoms with van der Waals surface area (Å²) in [6.45, 7) is 1.17. The molecule has 0 aliphatic carbocycles. The Balaban J connectivity index is 1.95. The standard InChI is InChI=1S/C13H15BrClF3N2/c14-8-10-1-2-11(7-12(10)15)20-5-3-19(4-6-20)9-13(16,17)18/h1-2,7H,3-6,8-9H2. The summed E-state index contributed by atoms with van der Waals surface area (Å²) in [6.07, 6.45) is -4.12. The van der Waals surface area contributed by atoms with Crippen LogP contribution < -0.4 is 4.90 Å². The Bertz CT molecular complexity index is 459. The first kappa shape index (κ1) is 15.9. The molecule has 0 atom stereocenters. The van der Waals surface area contributed by atoms with Crippen LogP contribution in [0.25, 0.3) is 0 Å². The zero-order valence-corrected chi connectivity index (χ0v) is 13.1. The second-order valence-corrected chi connectivity index (χ2v) is 5.76. The van der Waals surface area contributed by atoms with Gasteiger partial charge in [0.25, 0.3) is 0 Å². The molecular weight excluding hydrogens is 357 g/mol. The number of rotatable bonds is 3. The number of halogens is 5. The van der Waals surface area contributed by atoms with Gasteiger partial charge in [-0.05, 0) is 17.7 Å². The predicted molar refractivity (Wildman–Crippen MR) is 78.8 cm³/mol. The number of hydrogen-bond acceptors (Lipinski definition) is 2. The van der Waals surface area contributed by atoms with Gasteiger partial charge in [0.1, 0.15) is 0 Å². The molecule has 0 saturated carbocycles. The van der Waals surface area contributed by atoms with E-state index >= 15 is 0 Å². The number of hydrogen-bond donors (Lipinski definition) is 0. The van der Waals surface area contributed by atoms with Gasteiger partial charge in [-0.1, -0.05) is 33.6 Å². The van der Waals surface area contributed by atoms with Gasteiger partial charge in [-0.2, -0.15) is 13.2 Å². The average Bonchev–Trinajstić information content (AvgIpc) is 2.37. The zero-order chi connectivity index (χ0) is 14.8. The molecule has 20 heavy (non-hydrogen) atoms. The Morgan fingerprint density at radius 3 is 2.30 bits per heavy atom. The molecule has 1 aromatic rings. The quantitative estimate of drug-likeness (QED) is 0.743. The lowest BCUT2D eigenvalue weighted by atomic mass is 10.2. The molecule has 1 fully saturated rings. The molecule has 2 rings (SSSR count). The normalized spacial score (nSPS) is 17.6. The van der Waals surface area contributed by atoms with Crippen molar-refractivity contribution < 1.29 is 13.2 Å². The summed E-state index contributed by atoms with van der Waals surface area (Å²) >= 11 is 9.50. The number of alkyl halides is 4. The molecule has 2 nitrogen and oxygen atoms in total. The highest BCUT2D eigenvalue weighted by molar-refractivity contribution is 9.08. The number of anilines is 1. The molecule has 1 heterocycles. The second-order valence-electron chi connectivity index (χ2n) is 4.79. The third kappa shape index (κ3) is 4.27. The van der Waals surface area contributed by atoms with Crippen molar-refractivity contribution in [3.63, 3.8) is 0 Å². The Morgan fingerprint density at radius 2 is 1.80 bits per heavy atom. The van der Waals surface area contributed by atoms with E-state index in [1.54, 1.807) is 0 Å². The van der Waals surface area contributed by atoms with E-state index in [1.165, 1.54) is 4.90 Å². The largest absolute Gasteiger partial charge is 0.401 e. The lowest BCUT2D eigenvalue weighted by Crippen LogP contribution is -2.49. The number of piperazine rings is 1. The van der Waals surface area contributed by atoms with Crippen molar-refractivity contribution in [2.75, 3.05) is 37.6 Å². The molecule has 1 saturated heterocycles. The molecule has 0 aromatic heterocycles. The molecule has 0 unspecified atom stereocenters. The lowest BCUT2D eigenvalue weighted by Gasteiger charge is -2.36. The van der Waals surface area contributed by atoms with E-state index in [9.17, 15) is 13.2 Å². The number of nitrogens with zero attached hydrogens (tertiary/aromatic N) is 2. The van der Waals surface area contributed by atoms with E-state index in [-0.39, 0.29) is 0 Å². The van der Waals surface area contributed by atoms with Gasteiger partial charge < -0.3 is 4.90 Å². The first-order valence-electron chi connectivity index (χ1n) is 6.27. The number of benzene rings is 1. The van der Waals surface area contributed by atoms with Crippen molar-refractivity contribution in [3.05, 3.63) is 28.8 Å². The average molecular weight is 372 g/mol. The van der Waals surface area contributed by atoms with Crippen LogP contribution in [0.2, 0.25) is 5.02 Å². The summed E-state index contributed by atoms with van der Waals surface area (Å²) in [6, 6.07) is 5.77. The van der Waals surface area contributed by atoms with Gasteiger partial charge in [0, 0.05) is 42.2 Å². The topological polar surface area (TPSA) is 6.48 Å². The van der Waals surface area contributed by atoms with Gasteiger partial charge in [-0.3, -0.25) is 4.90 Å². The van der Waals surface area contributed by atoms with E-state index in [1.807, 2.05) is 18.2 Å². The Kier molecular flexibility index (Phi) is 5.20. The van der Waals surface area contributed by atoms with Crippen LogP contribution >= 0.6 is 27.5 Å². The Morgan fingerprint density at radius 1 is 1.15 bits per heavy atom. The fraction of sp³-hybridized carbons (Fsp3) is 0.538. The van der Waals surface area contributed by atoms with Crippen LogP contribution in [0.15, 0.2) is 18.2 Å². The molecule has 0 radical (unpaired) electrons. The molecular formula is C13H15BrClF3N2. The summed E-state index contributed by atoms with van der Waals surface area (Å²) in [5.74, 6) is 0. The minimum Gasteiger partial charge on any atom is -0.369 e. The van der Waals surface area contributed by atoms with Crippen LogP contribution in [0.5, 0.6) is 0 Å². The van der Waals surface area contributed by atoms with Crippen molar-refractivity contribution in [1.82, 2.24) is 4.90 Å². The van der Waals surface area contributed by atoms with Gasteiger partial charge in [0.2, 0.25) is 0 Å². The molecule has 0 bridgehead atoms. The fourth-order valence-electron chi connectivity index (χ4n) is 2.26. The first-order chi connectivity index (χ1) is 9.39. The molecule has 1 aromatic carbocycles. The van der Waals surface area contributed by atoms with Crippen LogP contribution in [0.4, 0.5) is 18.9 Å². The minimum absolute atomic E-state index is 0.414. The third-order valence-corrected chi connectivity index (χ3v) is 4.28. The third-order valence-electron chi connectivity index (χ3n) is 3.32. The van der Waals surface area contributed by atoms with Crippen molar-refractivity contribution in [2.24, 2.45) is 0 Å². The summed E-state index contributed by atoms with van der Waals surface area (Å²) in [5, 5.41) is 1.36. The highest BCUT2D eigenvalue weighted by Gasteiger charge is 2.32. The van der Waals surface area contributed by atoms with Gasteiger partial charge >= 0.3 is 6.18 Å². The summed E-state index contributed by atoms with van der Waals surface area (Å²) in [7, 11) is 0. The molecule has 0 spiro atoms. The smallest absolute Gasteiger partial charge is 0.369 e. The molecule has 1 aliphatic rings. The van der Waals surface area contributed by atoms with Crippen LogP contribution in [0, 0.1) is 0 Å². The van der Waals surface area contributed by atoms with Gasteiger partial charge in [0.15, 0.2) is 0 Å². The highest BCUT2D eigenvalue weighted by Crippen LogP contribution is 2.26. The second kappa shape index (κ2) is 6.54. The maximum Gasteiger partial charge on any atom is 0.401 e. The van der Waals surface area contributed by atoms with Crippen molar-refractivity contribution in [2.45, 2.75) is 11.5 Å². The van der Waals surface area contributed by atoms with E-state index < -0.39 is 12.7 Å². The molecule has 112 valence electrons. The van der Waals surface area contributed by atoms with Crippen LogP contribution in [0.3, 0.4) is 0 Å². The zero-order valence-electron chi connectivity index (χ0n) is 10.8. The lowest BCUT2D eigenvalue weighted by molar-refractivity contribution is -0.146. The summed E-state index contributed by atoms with van der Waals surface area (Å²) in [5.41, 5.74) is 1.97. The van der Waals surface area contributed by atoms with Crippen LogP contribution in [-0.2, 0) is 5.33 Å². The molecule has 1 aliphatic heterocycles. The summed E-state index contributed by atoms with van der Waals surface area (Å²) in [4.78, 5) is 3.50. The van der Waals surface area contributed by atoms with Gasteiger partial charge in [-0.15, -0.1) is 0 Å². The van der Waals surface area contributed by atoms with Crippen LogP contribution in [-0.4, -0.2) is 43.8 Å². The maximum absolute atomic E-state index is 12.3. The molecule has 7 heteroatoms. The Hall–Kier alpha value is -0.460. The molecule has 0 N–H and O–H groups in total. The summed E-state index contributed by atoms with van der Waals surface area (Å²) < 4.78 is 37.0. The highest BCUT2D eigenvalue weighted by atomic mass is 79.9. The van der Waals surface area contributed by atoms with E-state index in [4.69, 9.17) is 11.6 Å². The fourth-order valence-corrected chi connectivity index (χ4v) is 3.15. The van der Waals surface area contributed by atoms with E-state index in [0.29, 0.717) is 36.5 Å². The molecule has 0 amide bonds. The van der Waals surface area contributed by atoms with Crippen molar-refractivity contribution in [1.29, 1.82) is 0 Å². The Labute approximate surface area is 129 Å². The van der Waals surface area contributed by atoms with Crippen molar-refractivity contribution in [3.8, 4) is 0 Å². The minimum atomic E-state index is -4.12. The first-order valence-corrected chi connectivity index (χ1v) is 7.77. The van der Waals surface area contributed by atoms with Crippen LogP contribution in [0.1, 0.15) is 5.56 Å². The van der Waals surface area contributed by atoms with E-state index in [2.05, 4.69) is 20.8 Å².